The van der Waals surface area contributed by atoms with Crippen molar-refractivity contribution >= 4 is 57.2 Å². The number of amides is 1. The fraction of sp³-hybridized carbons (Fsp3) is 0.105. The number of aryl methyl sites for hydroxylation is 1. The van der Waals surface area contributed by atoms with E-state index in [0.717, 1.165) is 16.3 Å². The second kappa shape index (κ2) is 7.23. The maximum atomic E-state index is 13.0. The van der Waals surface area contributed by atoms with Gasteiger partial charge in [-0.1, -0.05) is 29.8 Å². The van der Waals surface area contributed by atoms with Crippen molar-refractivity contribution in [2.24, 2.45) is 12.0 Å². The second-order valence-corrected chi connectivity index (χ2v) is 7.61. The van der Waals surface area contributed by atoms with Gasteiger partial charge in [-0.05, 0) is 47.7 Å². The van der Waals surface area contributed by atoms with Crippen LogP contribution in [0.25, 0.3) is 17.1 Å². The molecule has 29 heavy (non-hydrogen) atoms. The molecule has 1 amide bonds. The maximum absolute atomic E-state index is 13.0. The summed E-state index contributed by atoms with van der Waals surface area (Å²) < 4.78 is 40.1. The number of aromatic nitrogens is 2. The summed E-state index contributed by atoms with van der Waals surface area (Å²) in [5.74, 6) is -1.32. The van der Waals surface area contributed by atoms with Crippen LogP contribution in [0.4, 0.5) is 18.9 Å². The van der Waals surface area contributed by atoms with E-state index in [1.54, 1.807) is 42.5 Å². The first-order chi connectivity index (χ1) is 13.7. The second-order valence-electron chi connectivity index (χ2n) is 6.17. The minimum absolute atomic E-state index is 0.228. The summed E-state index contributed by atoms with van der Waals surface area (Å²) in [6, 6.07) is 11.6. The maximum Gasteiger partial charge on any atom is 0.449 e. The first-order valence-corrected chi connectivity index (χ1v) is 9.49. The zero-order valence-corrected chi connectivity index (χ0v) is 16.4. The Morgan fingerprint density at radius 1 is 1.24 bits per heavy atom. The summed E-state index contributed by atoms with van der Waals surface area (Å²) in [7, 11) is 1.31. The average Bonchev–Trinajstić information content (AvgIpc) is 3.17. The Morgan fingerprint density at radius 3 is 2.72 bits per heavy atom. The Labute approximate surface area is 172 Å². The molecule has 0 bridgehead atoms. The Hall–Kier alpha value is -2.78. The molecule has 3 aromatic rings. The van der Waals surface area contributed by atoms with Crippen molar-refractivity contribution in [1.82, 2.24) is 14.9 Å². The highest BCUT2D eigenvalue weighted by Gasteiger charge is 2.36. The molecule has 1 saturated heterocycles. The number of alkyl halides is 3. The molecule has 0 atom stereocenters. The van der Waals surface area contributed by atoms with Crippen LogP contribution in [-0.4, -0.2) is 20.6 Å². The standard InChI is InChI=1S/C19H12ClF3N4OS/c1-27-14-8-10(6-7-13(14)24-17(27)19(21,22)23)9-15-16(28)26-18(29-15)25-12-5-3-2-4-11(12)20/h2-9H,1H3,(H,25,26,28)/b15-9+. The van der Waals surface area contributed by atoms with E-state index in [-0.39, 0.29) is 11.4 Å². The van der Waals surface area contributed by atoms with E-state index in [4.69, 9.17) is 11.6 Å². The molecule has 0 spiro atoms. The fourth-order valence-electron chi connectivity index (χ4n) is 2.83. The van der Waals surface area contributed by atoms with Gasteiger partial charge in [0, 0.05) is 7.05 Å². The van der Waals surface area contributed by atoms with Gasteiger partial charge in [-0.2, -0.15) is 13.2 Å². The van der Waals surface area contributed by atoms with Gasteiger partial charge in [0.1, 0.15) is 0 Å². The number of aliphatic imine (C=N–C) groups is 1. The third kappa shape index (κ3) is 3.88. The van der Waals surface area contributed by atoms with E-state index in [2.05, 4.69) is 15.3 Å². The lowest BCUT2D eigenvalue weighted by molar-refractivity contribution is -0.146. The van der Waals surface area contributed by atoms with Crippen molar-refractivity contribution in [3.63, 3.8) is 0 Å². The topological polar surface area (TPSA) is 59.3 Å². The summed E-state index contributed by atoms with van der Waals surface area (Å²) in [5.41, 5.74) is 1.64. The summed E-state index contributed by atoms with van der Waals surface area (Å²) in [6.45, 7) is 0. The molecule has 2 heterocycles. The third-order valence-electron chi connectivity index (χ3n) is 4.18. The van der Waals surface area contributed by atoms with Gasteiger partial charge >= 0.3 is 6.18 Å². The minimum atomic E-state index is -4.54. The largest absolute Gasteiger partial charge is 0.449 e. The number of benzene rings is 2. The molecule has 1 aliphatic heterocycles. The van der Waals surface area contributed by atoms with Gasteiger partial charge in [0.25, 0.3) is 5.91 Å². The quantitative estimate of drug-likeness (QED) is 0.566. The van der Waals surface area contributed by atoms with Gasteiger partial charge in [-0.25, -0.2) is 9.98 Å². The molecule has 0 aliphatic carbocycles. The molecule has 0 unspecified atom stereocenters. The van der Waals surface area contributed by atoms with E-state index in [1.165, 1.54) is 13.1 Å². The number of halogens is 4. The third-order valence-corrected chi connectivity index (χ3v) is 5.41. The zero-order chi connectivity index (χ0) is 20.8. The number of para-hydroxylation sites is 1. The molecule has 1 aliphatic rings. The molecule has 10 heteroatoms. The lowest BCUT2D eigenvalue weighted by atomic mass is 10.2. The molecule has 0 radical (unpaired) electrons. The predicted molar refractivity (Wildman–Crippen MR) is 108 cm³/mol. The van der Waals surface area contributed by atoms with Crippen LogP contribution in [0.2, 0.25) is 5.02 Å². The number of fused-ring (bicyclic) bond motifs is 1. The fourth-order valence-corrected chi connectivity index (χ4v) is 3.85. The molecular formula is C19H12ClF3N4OS. The number of rotatable bonds is 2. The number of nitrogens with one attached hydrogen (secondary N) is 1. The molecule has 5 nitrogen and oxygen atoms in total. The van der Waals surface area contributed by atoms with E-state index in [1.807, 2.05) is 0 Å². The molecular weight excluding hydrogens is 425 g/mol. The first kappa shape index (κ1) is 19.5. The van der Waals surface area contributed by atoms with Crippen LogP contribution in [0.5, 0.6) is 0 Å². The van der Waals surface area contributed by atoms with Gasteiger partial charge in [-0.15, -0.1) is 0 Å². The number of carbonyl (C=O) groups excluding carboxylic acids is 1. The highest BCUT2D eigenvalue weighted by molar-refractivity contribution is 8.18. The number of hydrogen-bond acceptors (Lipinski definition) is 4. The molecule has 0 saturated carbocycles. The first-order valence-electron chi connectivity index (χ1n) is 8.30. The number of imidazole rings is 1. The highest BCUT2D eigenvalue weighted by Crippen LogP contribution is 2.33. The number of nitrogens with zero attached hydrogens (tertiary/aromatic N) is 3. The number of amidine groups is 1. The van der Waals surface area contributed by atoms with Crippen LogP contribution >= 0.6 is 23.4 Å². The Morgan fingerprint density at radius 2 is 2.00 bits per heavy atom. The van der Waals surface area contributed by atoms with Crippen molar-refractivity contribution in [3.8, 4) is 0 Å². The van der Waals surface area contributed by atoms with E-state index < -0.39 is 12.0 Å². The highest BCUT2D eigenvalue weighted by atomic mass is 35.5. The lowest BCUT2D eigenvalue weighted by Crippen LogP contribution is -2.19. The van der Waals surface area contributed by atoms with Gasteiger partial charge in [-0.3, -0.25) is 4.79 Å². The zero-order valence-electron chi connectivity index (χ0n) is 14.8. The number of carbonyl (C=O) groups is 1. The predicted octanol–water partition coefficient (Wildman–Crippen LogP) is 5.14. The van der Waals surface area contributed by atoms with E-state index in [9.17, 15) is 18.0 Å². The number of thioether (sulfide) groups is 1. The van der Waals surface area contributed by atoms with Crippen molar-refractivity contribution < 1.29 is 18.0 Å². The van der Waals surface area contributed by atoms with Gasteiger partial charge in [0.05, 0.1) is 26.6 Å². The van der Waals surface area contributed by atoms with Crippen LogP contribution in [-0.2, 0) is 18.0 Å². The van der Waals surface area contributed by atoms with Crippen molar-refractivity contribution in [1.29, 1.82) is 0 Å². The molecule has 4 rings (SSSR count). The Bertz CT molecular complexity index is 1200. The smallest absolute Gasteiger partial charge is 0.323 e. The molecule has 2 aromatic carbocycles. The average molecular weight is 437 g/mol. The normalized spacial score (nSPS) is 17.5. The Kier molecular flexibility index (Phi) is 4.87. The van der Waals surface area contributed by atoms with Gasteiger partial charge < -0.3 is 9.88 Å². The van der Waals surface area contributed by atoms with E-state index in [0.29, 0.717) is 31.9 Å². The van der Waals surface area contributed by atoms with Crippen molar-refractivity contribution in [3.05, 3.63) is 63.8 Å². The van der Waals surface area contributed by atoms with Crippen LogP contribution in [0.3, 0.4) is 0 Å². The van der Waals surface area contributed by atoms with Crippen LogP contribution in [0.1, 0.15) is 11.4 Å². The molecule has 1 N–H and O–H groups in total. The summed E-state index contributed by atoms with van der Waals surface area (Å²) >= 11 is 7.20. The summed E-state index contributed by atoms with van der Waals surface area (Å²) in [6.07, 6.45) is -2.95. The molecule has 1 aromatic heterocycles. The lowest BCUT2D eigenvalue weighted by Gasteiger charge is -2.05. The minimum Gasteiger partial charge on any atom is -0.323 e. The van der Waals surface area contributed by atoms with Crippen LogP contribution < -0.4 is 5.32 Å². The SMILES string of the molecule is Cn1c(C(F)(F)F)nc2ccc(/C=C3/SC(=Nc4ccccc4Cl)NC3=O)cc21. The van der Waals surface area contributed by atoms with Crippen molar-refractivity contribution in [2.75, 3.05) is 0 Å². The van der Waals surface area contributed by atoms with Crippen LogP contribution in [0.15, 0.2) is 52.4 Å². The van der Waals surface area contributed by atoms with Crippen LogP contribution in [0, 0.1) is 0 Å². The van der Waals surface area contributed by atoms with Crippen molar-refractivity contribution in [2.45, 2.75) is 6.18 Å². The van der Waals surface area contributed by atoms with Gasteiger partial charge in [0.15, 0.2) is 5.17 Å². The van der Waals surface area contributed by atoms with Gasteiger partial charge in [0.2, 0.25) is 5.82 Å². The molecule has 1 fully saturated rings. The molecule has 148 valence electrons. The van der Waals surface area contributed by atoms with E-state index >= 15 is 0 Å². The number of hydrogen-bond donors (Lipinski definition) is 1. The summed E-state index contributed by atoms with van der Waals surface area (Å²) in [4.78, 5) is 20.6. The monoisotopic (exact) mass is 436 g/mol. The summed E-state index contributed by atoms with van der Waals surface area (Å²) in [5, 5.41) is 3.48. The Balaban J connectivity index is 1.66.